The maximum Gasteiger partial charge on any atom is 0.160 e. The molecule has 7 aromatic rings. The Labute approximate surface area is 278 Å². The van der Waals surface area contributed by atoms with E-state index in [1.165, 1.54) is 0 Å². The van der Waals surface area contributed by atoms with Crippen molar-refractivity contribution >= 4 is 41.2 Å². The van der Waals surface area contributed by atoms with Gasteiger partial charge in [0.1, 0.15) is 5.71 Å². The van der Waals surface area contributed by atoms with E-state index in [2.05, 4.69) is 90.0 Å². The monoisotopic (exact) mass is 621 g/mol. The lowest BCUT2D eigenvalue weighted by Crippen LogP contribution is -2.18. The molecular weight excluding hydrogens is 595 g/mol. The van der Waals surface area contributed by atoms with E-state index in [0.717, 1.165) is 72.5 Å². The fourth-order valence-electron chi connectivity index (χ4n) is 6.08. The lowest BCUT2D eigenvalue weighted by atomic mass is 9.87. The molecule has 0 atom stereocenters. The van der Waals surface area contributed by atoms with Crippen molar-refractivity contribution in [2.24, 2.45) is 4.40 Å². The molecule has 0 spiro atoms. The zero-order valence-corrected chi connectivity index (χ0v) is 26.1. The highest BCUT2D eigenvalue weighted by Gasteiger charge is 2.24. The van der Waals surface area contributed by atoms with Crippen molar-refractivity contribution in [1.82, 2.24) is 15.0 Å². The van der Waals surface area contributed by atoms with Gasteiger partial charge in [-0.1, -0.05) is 127 Å². The first-order chi connectivity index (χ1) is 23.2. The van der Waals surface area contributed by atoms with Crippen LogP contribution < -0.4 is 0 Å². The number of nitrogens with zero attached hydrogens (tertiary/aromatic N) is 4. The number of rotatable bonds is 5. The number of benzene rings is 5. The van der Waals surface area contributed by atoms with Gasteiger partial charge in [-0.25, -0.2) is 19.3 Å². The molecule has 2 aromatic heterocycles. The van der Waals surface area contributed by atoms with Crippen LogP contribution in [0.3, 0.4) is 0 Å². The smallest absolute Gasteiger partial charge is 0.160 e. The van der Waals surface area contributed by atoms with Gasteiger partial charge < -0.3 is 0 Å². The van der Waals surface area contributed by atoms with Gasteiger partial charge in [0, 0.05) is 38.8 Å². The van der Waals surface area contributed by atoms with Crippen LogP contribution >= 0.6 is 12.8 Å². The summed E-state index contributed by atoms with van der Waals surface area (Å²) in [6, 6.07) is 47.2. The van der Waals surface area contributed by atoms with Gasteiger partial charge >= 0.3 is 0 Å². The maximum atomic E-state index is 8.52. The highest BCUT2D eigenvalue weighted by molar-refractivity contribution is 7.79. The third-order valence-electron chi connectivity index (χ3n) is 8.42. The summed E-state index contributed by atoms with van der Waals surface area (Å²) in [7, 11) is 0. The third-order valence-corrected chi connectivity index (χ3v) is 8.62. The van der Waals surface area contributed by atoms with Gasteiger partial charge in [-0.15, -0.1) is 0 Å². The van der Waals surface area contributed by atoms with Crippen LogP contribution in [0, 0.1) is 5.41 Å². The summed E-state index contributed by atoms with van der Waals surface area (Å²) in [5.41, 5.74) is 12.2. The van der Waals surface area contributed by atoms with Crippen molar-refractivity contribution in [2.75, 3.05) is 0 Å². The number of fused-ring (bicyclic) bond motifs is 3. The first-order valence-electron chi connectivity index (χ1n) is 15.3. The van der Waals surface area contributed by atoms with E-state index < -0.39 is 0 Å². The average molecular weight is 622 g/mol. The first-order valence-corrected chi connectivity index (χ1v) is 15.7. The van der Waals surface area contributed by atoms with Crippen LogP contribution in [0.2, 0.25) is 0 Å². The van der Waals surface area contributed by atoms with Crippen molar-refractivity contribution < 1.29 is 0 Å². The summed E-state index contributed by atoms with van der Waals surface area (Å²) >= 11 is 4.25. The molecule has 0 unspecified atom stereocenters. The highest BCUT2D eigenvalue weighted by Crippen LogP contribution is 2.36. The predicted octanol–water partition coefficient (Wildman–Crippen LogP) is 10.0. The quantitative estimate of drug-likeness (QED) is 0.188. The molecule has 0 radical (unpaired) electrons. The van der Waals surface area contributed by atoms with E-state index in [4.69, 9.17) is 20.4 Å². The van der Waals surface area contributed by atoms with Gasteiger partial charge in [0.2, 0.25) is 0 Å². The lowest BCUT2D eigenvalue weighted by Gasteiger charge is -2.20. The van der Waals surface area contributed by atoms with Crippen molar-refractivity contribution in [3.8, 4) is 56.3 Å². The van der Waals surface area contributed by atoms with Gasteiger partial charge in [0.25, 0.3) is 0 Å². The second-order valence-corrected chi connectivity index (χ2v) is 11.5. The summed E-state index contributed by atoms with van der Waals surface area (Å²) in [5.74, 6) is 0.691. The van der Waals surface area contributed by atoms with Crippen molar-refractivity contribution in [3.05, 3.63) is 157 Å². The van der Waals surface area contributed by atoms with Crippen LogP contribution in [-0.4, -0.2) is 26.4 Å². The lowest BCUT2D eigenvalue weighted by molar-refractivity contribution is 1.18. The van der Waals surface area contributed by atoms with Crippen molar-refractivity contribution in [1.29, 1.82) is 5.41 Å². The maximum absolute atomic E-state index is 8.52. The largest absolute Gasteiger partial charge is 0.299 e. The fraction of sp³-hybridized carbons (Fsp3) is 0. The van der Waals surface area contributed by atoms with Crippen LogP contribution in [0.4, 0.5) is 0 Å². The molecule has 2 heterocycles. The Morgan fingerprint density at radius 2 is 1.06 bits per heavy atom. The van der Waals surface area contributed by atoms with Crippen molar-refractivity contribution in [3.63, 3.8) is 0 Å². The standard InChI is InChI=1S/C41H27N5S/c42-34-23-22-33-38(40(34)46-47)32-21-20-31(24-37(32)43-39(33)29-12-6-2-7-13-29)26-16-18-28(19-17-26)36-25-35(27-10-4-1-5-11-27)44-41(45-36)30-14-8-3-9-15-30/h1-25,42,47H/b42-34?,46-40+. The molecule has 47 heavy (non-hydrogen) atoms. The summed E-state index contributed by atoms with van der Waals surface area (Å²) in [4.78, 5) is 15.1. The van der Waals surface area contributed by atoms with E-state index in [0.29, 0.717) is 17.2 Å². The van der Waals surface area contributed by atoms with E-state index in [9.17, 15) is 0 Å². The van der Waals surface area contributed by atoms with Crippen LogP contribution in [0.5, 0.6) is 0 Å². The Balaban J connectivity index is 1.22. The number of pyridine rings is 1. The minimum atomic E-state index is 0.328. The van der Waals surface area contributed by atoms with E-state index in [1.54, 1.807) is 6.08 Å². The fourth-order valence-corrected chi connectivity index (χ4v) is 6.29. The van der Waals surface area contributed by atoms with E-state index >= 15 is 0 Å². The molecule has 0 saturated heterocycles. The van der Waals surface area contributed by atoms with Crippen molar-refractivity contribution in [2.45, 2.75) is 0 Å². The van der Waals surface area contributed by atoms with Gasteiger partial charge in [0.15, 0.2) is 5.82 Å². The zero-order chi connectivity index (χ0) is 31.7. The molecule has 5 nitrogen and oxygen atoms in total. The first kappa shape index (κ1) is 28.5. The second kappa shape index (κ2) is 12.1. The number of hydrogen-bond donors (Lipinski definition) is 2. The van der Waals surface area contributed by atoms with Crippen LogP contribution in [0.1, 0.15) is 11.1 Å². The summed E-state index contributed by atoms with van der Waals surface area (Å²) in [6.07, 6.45) is 3.72. The molecule has 0 bridgehead atoms. The van der Waals surface area contributed by atoms with E-state index in [1.807, 2.05) is 72.8 Å². The highest BCUT2D eigenvalue weighted by atomic mass is 32.1. The summed E-state index contributed by atoms with van der Waals surface area (Å²) in [6.45, 7) is 0. The Morgan fingerprint density at radius 3 is 1.70 bits per heavy atom. The Bertz CT molecular complexity index is 2290. The summed E-state index contributed by atoms with van der Waals surface area (Å²) < 4.78 is 4.22. The molecule has 5 aromatic carbocycles. The van der Waals surface area contributed by atoms with Crippen LogP contribution in [-0.2, 0) is 0 Å². The number of allylic oxidation sites excluding steroid dienone is 1. The molecule has 6 heteroatoms. The normalized spacial score (nSPS) is 13.2. The summed E-state index contributed by atoms with van der Waals surface area (Å²) in [5, 5.41) is 9.46. The van der Waals surface area contributed by atoms with Gasteiger partial charge in [-0.2, -0.15) is 0 Å². The molecular formula is C41H27N5S. The number of hydrogen-bond acceptors (Lipinski definition) is 6. The Kier molecular flexibility index (Phi) is 7.32. The molecule has 0 amide bonds. The minimum Gasteiger partial charge on any atom is -0.299 e. The molecule has 1 N–H and O–H groups in total. The second-order valence-electron chi connectivity index (χ2n) is 11.3. The minimum absolute atomic E-state index is 0.328. The SMILES string of the molecule is N=C1C=Cc2c(-c3ccccc3)nc3cc(-c4ccc(-c5cc(-c6ccccc6)nc(-c6ccccc6)n5)cc4)ccc3c2/C1=N/S. The van der Waals surface area contributed by atoms with Gasteiger partial charge in [-0.05, 0) is 48.2 Å². The van der Waals surface area contributed by atoms with Gasteiger partial charge in [-0.3, -0.25) is 5.41 Å². The van der Waals surface area contributed by atoms with E-state index in [-0.39, 0.29) is 0 Å². The molecule has 1 aliphatic carbocycles. The molecule has 0 fully saturated rings. The molecule has 0 saturated carbocycles. The topological polar surface area (TPSA) is 74.9 Å². The molecule has 222 valence electrons. The molecule has 8 rings (SSSR count). The van der Waals surface area contributed by atoms with Gasteiger partial charge in [0.05, 0.1) is 28.3 Å². The zero-order valence-electron chi connectivity index (χ0n) is 25.2. The number of nitrogens with one attached hydrogen (secondary N) is 1. The number of thiol groups is 1. The molecule has 0 aliphatic heterocycles. The molecule has 1 aliphatic rings. The number of aromatic nitrogens is 3. The average Bonchev–Trinajstić information content (AvgIpc) is 3.15. The predicted molar refractivity (Wildman–Crippen MR) is 197 cm³/mol. The Hall–Kier alpha value is -5.98. The van der Waals surface area contributed by atoms with Crippen LogP contribution in [0.15, 0.2) is 150 Å². The van der Waals surface area contributed by atoms with Crippen LogP contribution in [0.25, 0.3) is 73.3 Å². The Morgan fingerprint density at radius 1 is 0.511 bits per heavy atom. The third kappa shape index (κ3) is 5.35.